The van der Waals surface area contributed by atoms with E-state index in [0.717, 1.165) is 47.5 Å². The summed E-state index contributed by atoms with van der Waals surface area (Å²) in [6.07, 6.45) is 3.21. The third-order valence-corrected chi connectivity index (χ3v) is 4.85. The van der Waals surface area contributed by atoms with Crippen molar-refractivity contribution in [2.75, 3.05) is 7.11 Å². The maximum Gasteiger partial charge on any atom is 0.349 e. The molecule has 0 saturated carbocycles. The average Bonchev–Trinajstić information content (AvgIpc) is 2.67. The number of carbonyl (C=O) groups excluding carboxylic acids is 1. The van der Waals surface area contributed by atoms with E-state index >= 15 is 0 Å². The first-order valence-corrected chi connectivity index (χ1v) is 9.16. The van der Waals surface area contributed by atoms with Crippen molar-refractivity contribution in [1.29, 1.82) is 0 Å². The maximum atomic E-state index is 12.2. The van der Waals surface area contributed by atoms with Crippen LogP contribution in [0.5, 0.6) is 11.5 Å². The van der Waals surface area contributed by atoms with Crippen LogP contribution in [0.25, 0.3) is 0 Å². The zero-order valence-electron chi connectivity index (χ0n) is 15.7. The van der Waals surface area contributed by atoms with Crippen LogP contribution < -0.4 is 9.47 Å². The lowest BCUT2D eigenvalue weighted by Gasteiger charge is -2.35. The summed E-state index contributed by atoms with van der Waals surface area (Å²) in [6, 6.07) is 14.2. The van der Waals surface area contributed by atoms with Crippen molar-refractivity contribution in [2.24, 2.45) is 0 Å². The van der Waals surface area contributed by atoms with Gasteiger partial charge in [0.2, 0.25) is 5.60 Å². The van der Waals surface area contributed by atoms with Crippen LogP contribution in [-0.4, -0.2) is 18.7 Å². The van der Waals surface area contributed by atoms with Crippen molar-refractivity contribution in [3.8, 4) is 11.5 Å². The summed E-state index contributed by atoms with van der Waals surface area (Å²) >= 11 is 0. The van der Waals surface area contributed by atoms with Gasteiger partial charge in [-0.15, -0.1) is 0 Å². The van der Waals surface area contributed by atoms with Gasteiger partial charge in [0.1, 0.15) is 18.1 Å². The molecule has 1 atom stereocenters. The predicted molar refractivity (Wildman–Crippen MR) is 101 cm³/mol. The van der Waals surface area contributed by atoms with E-state index in [4.69, 9.17) is 14.2 Å². The van der Waals surface area contributed by atoms with Gasteiger partial charge in [-0.1, -0.05) is 49.7 Å². The molecule has 1 aliphatic heterocycles. The molecule has 4 nitrogen and oxygen atoms in total. The van der Waals surface area contributed by atoms with Gasteiger partial charge < -0.3 is 14.2 Å². The lowest BCUT2D eigenvalue weighted by atomic mass is 9.90. The van der Waals surface area contributed by atoms with Crippen molar-refractivity contribution in [3.63, 3.8) is 0 Å². The van der Waals surface area contributed by atoms with Crippen molar-refractivity contribution < 1.29 is 19.0 Å². The van der Waals surface area contributed by atoms with Gasteiger partial charge in [-0.25, -0.2) is 4.79 Å². The molecule has 0 aliphatic carbocycles. The van der Waals surface area contributed by atoms with Crippen LogP contribution in [0.2, 0.25) is 0 Å². The van der Waals surface area contributed by atoms with Crippen LogP contribution in [0, 0.1) is 0 Å². The van der Waals surface area contributed by atoms with Crippen LogP contribution >= 0.6 is 0 Å². The summed E-state index contributed by atoms with van der Waals surface area (Å²) in [6.45, 7) is 4.43. The first kappa shape index (κ1) is 18.3. The number of carbonyl (C=O) groups is 1. The van der Waals surface area contributed by atoms with Gasteiger partial charge in [0, 0.05) is 12.0 Å². The number of methoxy groups -OCH3 is 1. The molecule has 1 heterocycles. The number of hydrogen-bond acceptors (Lipinski definition) is 4. The van der Waals surface area contributed by atoms with E-state index in [1.165, 1.54) is 7.11 Å². The van der Waals surface area contributed by atoms with Crippen LogP contribution in [0.15, 0.2) is 42.5 Å². The lowest BCUT2D eigenvalue weighted by molar-refractivity contribution is -0.159. The molecule has 0 spiro atoms. The molecular formula is C22H26O4. The summed E-state index contributed by atoms with van der Waals surface area (Å²) in [5.74, 6) is 1.28. The SMILES string of the molecule is CCCc1c(OCc2ccccc2)ccc2c1OC(C)(C(=O)OC)CC2. The van der Waals surface area contributed by atoms with Crippen molar-refractivity contribution in [3.05, 3.63) is 59.2 Å². The molecule has 1 unspecified atom stereocenters. The van der Waals surface area contributed by atoms with Crippen LogP contribution in [-0.2, 0) is 29.0 Å². The summed E-state index contributed by atoms with van der Waals surface area (Å²) in [4.78, 5) is 12.2. The topological polar surface area (TPSA) is 44.8 Å². The Balaban J connectivity index is 1.90. The van der Waals surface area contributed by atoms with Gasteiger partial charge in [-0.05, 0) is 37.0 Å². The molecule has 2 aromatic rings. The molecule has 0 saturated heterocycles. The molecule has 4 heteroatoms. The smallest absolute Gasteiger partial charge is 0.349 e. The molecule has 3 rings (SSSR count). The second-order valence-electron chi connectivity index (χ2n) is 6.88. The Hall–Kier alpha value is -2.49. The Labute approximate surface area is 155 Å². The van der Waals surface area contributed by atoms with E-state index in [1.807, 2.05) is 42.5 Å². The molecule has 138 valence electrons. The second-order valence-corrected chi connectivity index (χ2v) is 6.88. The van der Waals surface area contributed by atoms with Crippen LogP contribution in [0.1, 0.15) is 43.4 Å². The zero-order chi connectivity index (χ0) is 18.6. The number of esters is 1. The summed E-state index contributed by atoms with van der Waals surface area (Å²) < 4.78 is 17.2. The monoisotopic (exact) mass is 354 g/mol. The first-order chi connectivity index (χ1) is 12.6. The molecular weight excluding hydrogens is 328 g/mol. The number of rotatable bonds is 6. The van der Waals surface area contributed by atoms with E-state index in [1.54, 1.807) is 6.92 Å². The fourth-order valence-corrected chi connectivity index (χ4v) is 3.35. The van der Waals surface area contributed by atoms with Gasteiger partial charge in [0.15, 0.2) is 0 Å². The van der Waals surface area contributed by atoms with Gasteiger partial charge in [-0.2, -0.15) is 0 Å². The number of aryl methyl sites for hydroxylation is 1. The number of hydrogen-bond donors (Lipinski definition) is 0. The highest BCUT2D eigenvalue weighted by molar-refractivity contribution is 5.80. The lowest BCUT2D eigenvalue weighted by Crippen LogP contribution is -2.45. The highest BCUT2D eigenvalue weighted by Gasteiger charge is 2.41. The van der Waals surface area contributed by atoms with E-state index in [2.05, 4.69) is 6.92 Å². The summed E-state index contributed by atoms with van der Waals surface area (Å²) in [7, 11) is 1.40. The van der Waals surface area contributed by atoms with Crippen molar-refractivity contribution in [2.45, 2.75) is 51.7 Å². The Morgan fingerprint density at radius 3 is 2.65 bits per heavy atom. The third-order valence-electron chi connectivity index (χ3n) is 4.85. The van der Waals surface area contributed by atoms with E-state index in [-0.39, 0.29) is 5.97 Å². The largest absolute Gasteiger partial charge is 0.488 e. The van der Waals surface area contributed by atoms with E-state index in [9.17, 15) is 4.79 Å². The minimum absolute atomic E-state index is 0.332. The Bertz CT molecular complexity index is 769. The van der Waals surface area contributed by atoms with Crippen LogP contribution in [0.3, 0.4) is 0 Å². The predicted octanol–water partition coefficient (Wildman–Crippen LogP) is 4.47. The van der Waals surface area contributed by atoms with Crippen molar-refractivity contribution in [1.82, 2.24) is 0 Å². The molecule has 0 aromatic heterocycles. The molecule has 0 amide bonds. The second kappa shape index (κ2) is 7.81. The highest BCUT2D eigenvalue weighted by Crippen LogP contribution is 2.41. The highest BCUT2D eigenvalue weighted by atomic mass is 16.6. The van der Waals surface area contributed by atoms with E-state index in [0.29, 0.717) is 13.0 Å². The molecule has 0 bridgehead atoms. The first-order valence-electron chi connectivity index (χ1n) is 9.16. The van der Waals surface area contributed by atoms with Gasteiger partial charge in [0.05, 0.1) is 7.11 Å². The summed E-state index contributed by atoms with van der Waals surface area (Å²) in [5.41, 5.74) is 2.34. The fraction of sp³-hybridized carbons (Fsp3) is 0.409. The fourth-order valence-electron chi connectivity index (χ4n) is 3.35. The Kier molecular flexibility index (Phi) is 5.50. The number of benzene rings is 2. The zero-order valence-corrected chi connectivity index (χ0v) is 15.7. The Morgan fingerprint density at radius 2 is 1.96 bits per heavy atom. The average molecular weight is 354 g/mol. The van der Waals surface area contributed by atoms with Gasteiger partial charge in [0.25, 0.3) is 0 Å². The Morgan fingerprint density at radius 1 is 1.19 bits per heavy atom. The number of fused-ring (bicyclic) bond motifs is 1. The number of ether oxygens (including phenoxy) is 3. The maximum absolute atomic E-state index is 12.2. The minimum atomic E-state index is -0.942. The molecule has 26 heavy (non-hydrogen) atoms. The van der Waals surface area contributed by atoms with Crippen LogP contribution in [0.4, 0.5) is 0 Å². The third kappa shape index (κ3) is 3.69. The molecule has 0 radical (unpaired) electrons. The minimum Gasteiger partial charge on any atom is -0.488 e. The van der Waals surface area contributed by atoms with E-state index < -0.39 is 5.60 Å². The van der Waals surface area contributed by atoms with Gasteiger partial charge >= 0.3 is 5.97 Å². The molecule has 0 fully saturated rings. The summed E-state index contributed by atoms with van der Waals surface area (Å²) in [5, 5.41) is 0. The molecule has 0 N–H and O–H groups in total. The van der Waals surface area contributed by atoms with Crippen molar-refractivity contribution >= 4 is 5.97 Å². The normalized spacial score (nSPS) is 18.6. The molecule has 2 aromatic carbocycles. The molecule has 1 aliphatic rings. The standard InChI is InChI=1S/C22H26O4/c1-4-8-18-19(25-15-16-9-6-5-7-10-16)12-11-17-13-14-22(2,21(23)24-3)26-20(17)18/h5-7,9-12H,4,8,13-15H2,1-3H3. The quantitative estimate of drug-likeness (QED) is 0.718. The van der Waals surface area contributed by atoms with Gasteiger partial charge in [-0.3, -0.25) is 0 Å².